The number of aryl methyl sites for hydroxylation is 1. The smallest absolute Gasteiger partial charge is 0.254 e. The molecule has 1 aliphatic heterocycles. The quantitative estimate of drug-likeness (QED) is 0.864. The van der Waals surface area contributed by atoms with E-state index in [-0.39, 0.29) is 11.8 Å². The van der Waals surface area contributed by atoms with Crippen LogP contribution in [-0.2, 0) is 9.59 Å². The summed E-state index contributed by atoms with van der Waals surface area (Å²) in [5.74, 6) is -0.232. The molecule has 0 bridgehead atoms. The number of benzene rings is 1. The van der Waals surface area contributed by atoms with E-state index < -0.39 is 6.04 Å². The number of fused-ring (bicyclic) bond motifs is 1. The second kappa shape index (κ2) is 5.74. The van der Waals surface area contributed by atoms with Crippen molar-refractivity contribution in [3.05, 3.63) is 29.3 Å². The largest absolute Gasteiger partial charge is 0.341 e. The Labute approximate surface area is 121 Å². The predicted molar refractivity (Wildman–Crippen MR) is 78.5 cm³/mol. The van der Waals surface area contributed by atoms with Crippen molar-refractivity contribution in [2.45, 2.75) is 26.3 Å². The van der Waals surface area contributed by atoms with Crippen molar-refractivity contribution < 1.29 is 9.59 Å². The minimum absolute atomic E-state index is 0.0447. The molecule has 1 aliphatic rings. The molecule has 0 fully saturated rings. The van der Waals surface area contributed by atoms with Gasteiger partial charge < -0.3 is 10.2 Å². The van der Waals surface area contributed by atoms with E-state index >= 15 is 0 Å². The van der Waals surface area contributed by atoms with Crippen LogP contribution in [-0.4, -0.2) is 23.7 Å². The molecule has 5 heteroatoms. The molecule has 2 amide bonds. The Morgan fingerprint density at radius 1 is 1.47 bits per heavy atom. The fraction of sp³-hybridized carbons (Fsp3) is 0.429. The van der Waals surface area contributed by atoms with E-state index in [9.17, 15) is 9.59 Å². The molecular weight excluding hydrogens is 308 g/mol. The van der Waals surface area contributed by atoms with Crippen molar-refractivity contribution in [3.63, 3.8) is 0 Å². The van der Waals surface area contributed by atoms with Crippen LogP contribution in [0.5, 0.6) is 0 Å². The van der Waals surface area contributed by atoms with Gasteiger partial charge in [0, 0.05) is 30.0 Å². The van der Waals surface area contributed by atoms with Gasteiger partial charge in [0.2, 0.25) is 5.91 Å². The number of rotatable bonds is 4. The number of hydrogen-bond acceptors (Lipinski definition) is 2. The van der Waals surface area contributed by atoms with Gasteiger partial charge in [-0.15, -0.1) is 0 Å². The minimum Gasteiger partial charge on any atom is -0.341 e. The Balaban J connectivity index is 2.36. The second-order valence-corrected chi connectivity index (χ2v) is 5.52. The lowest BCUT2D eigenvalue weighted by molar-refractivity contribution is -0.126. The zero-order chi connectivity index (χ0) is 14.0. The van der Waals surface area contributed by atoms with E-state index in [2.05, 4.69) is 21.2 Å². The van der Waals surface area contributed by atoms with Gasteiger partial charge >= 0.3 is 0 Å². The van der Waals surface area contributed by atoms with Crippen LogP contribution >= 0.6 is 15.9 Å². The number of halogens is 1. The summed E-state index contributed by atoms with van der Waals surface area (Å²) in [6, 6.07) is 5.38. The number of anilines is 1. The molecule has 1 aromatic carbocycles. The highest BCUT2D eigenvalue weighted by Gasteiger charge is 2.37. The third-order valence-corrected chi connectivity index (χ3v) is 3.72. The van der Waals surface area contributed by atoms with Crippen LogP contribution in [0.4, 0.5) is 5.69 Å². The lowest BCUT2D eigenvalue weighted by Crippen LogP contribution is -2.37. The highest BCUT2D eigenvalue weighted by Crippen LogP contribution is 2.36. The van der Waals surface area contributed by atoms with Gasteiger partial charge in [0.15, 0.2) is 0 Å². The lowest BCUT2D eigenvalue weighted by Gasteiger charge is -2.17. The SMILES string of the molecule is CC(=O)N[C@@H]1C(=O)N(CCCBr)c2ccc(C)cc21. The zero-order valence-corrected chi connectivity index (χ0v) is 12.7. The van der Waals surface area contributed by atoms with Gasteiger partial charge in [0.05, 0.1) is 0 Å². The van der Waals surface area contributed by atoms with E-state index in [1.54, 1.807) is 4.90 Å². The summed E-state index contributed by atoms with van der Waals surface area (Å²) < 4.78 is 0. The van der Waals surface area contributed by atoms with Gasteiger partial charge in [-0.05, 0) is 19.4 Å². The summed E-state index contributed by atoms with van der Waals surface area (Å²) in [4.78, 5) is 25.4. The third kappa shape index (κ3) is 2.81. The molecule has 0 spiro atoms. The van der Waals surface area contributed by atoms with Crippen molar-refractivity contribution in [2.24, 2.45) is 0 Å². The highest BCUT2D eigenvalue weighted by atomic mass is 79.9. The molecule has 0 aliphatic carbocycles. The molecule has 0 unspecified atom stereocenters. The normalized spacial score (nSPS) is 17.5. The monoisotopic (exact) mass is 324 g/mol. The second-order valence-electron chi connectivity index (χ2n) is 4.73. The Morgan fingerprint density at radius 3 is 2.84 bits per heavy atom. The summed E-state index contributed by atoms with van der Waals surface area (Å²) in [7, 11) is 0. The Bertz CT molecular complexity index is 516. The molecule has 0 aromatic heterocycles. The molecule has 4 nitrogen and oxygen atoms in total. The van der Waals surface area contributed by atoms with E-state index in [4.69, 9.17) is 0 Å². The number of hydrogen-bond donors (Lipinski definition) is 1. The van der Waals surface area contributed by atoms with Gasteiger partial charge in [-0.2, -0.15) is 0 Å². The molecule has 1 N–H and O–H groups in total. The predicted octanol–water partition coefficient (Wildman–Crippen LogP) is 2.30. The zero-order valence-electron chi connectivity index (χ0n) is 11.1. The van der Waals surface area contributed by atoms with E-state index in [0.717, 1.165) is 28.6 Å². The van der Waals surface area contributed by atoms with Crippen LogP contribution < -0.4 is 10.2 Å². The van der Waals surface area contributed by atoms with Crippen molar-refractivity contribution in [3.8, 4) is 0 Å². The first-order chi connectivity index (χ1) is 9.04. The molecule has 2 rings (SSSR count). The summed E-state index contributed by atoms with van der Waals surface area (Å²) in [5.41, 5.74) is 2.90. The summed E-state index contributed by atoms with van der Waals surface area (Å²) >= 11 is 3.38. The summed E-state index contributed by atoms with van der Waals surface area (Å²) in [6.45, 7) is 4.08. The van der Waals surface area contributed by atoms with Gasteiger partial charge in [-0.25, -0.2) is 0 Å². The first-order valence-corrected chi connectivity index (χ1v) is 7.41. The first kappa shape index (κ1) is 14.1. The average molecular weight is 325 g/mol. The highest BCUT2D eigenvalue weighted by molar-refractivity contribution is 9.09. The van der Waals surface area contributed by atoms with Gasteiger partial charge in [-0.3, -0.25) is 9.59 Å². The van der Waals surface area contributed by atoms with Crippen molar-refractivity contribution in [1.82, 2.24) is 5.32 Å². The van der Waals surface area contributed by atoms with Crippen molar-refractivity contribution >= 4 is 33.4 Å². The van der Waals surface area contributed by atoms with Crippen LogP contribution in [0, 0.1) is 6.92 Å². The molecule has 19 heavy (non-hydrogen) atoms. The number of carbonyl (C=O) groups excluding carboxylic acids is 2. The maximum atomic E-state index is 12.4. The Kier molecular flexibility index (Phi) is 4.24. The fourth-order valence-corrected chi connectivity index (χ4v) is 2.60. The van der Waals surface area contributed by atoms with E-state index in [1.807, 2.05) is 25.1 Å². The minimum atomic E-state index is -0.539. The molecule has 1 atom stereocenters. The van der Waals surface area contributed by atoms with Crippen molar-refractivity contribution in [1.29, 1.82) is 0 Å². The maximum absolute atomic E-state index is 12.4. The topological polar surface area (TPSA) is 49.4 Å². The van der Waals surface area contributed by atoms with Crippen LogP contribution in [0.1, 0.15) is 30.5 Å². The van der Waals surface area contributed by atoms with Crippen LogP contribution in [0.3, 0.4) is 0 Å². The molecule has 1 aromatic rings. The molecule has 0 saturated carbocycles. The molecule has 1 heterocycles. The molecular formula is C14H17BrN2O2. The van der Waals surface area contributed by atoms with Crippen LogP contribution in [0.15, 0.2) is 18.2 Å². The maximum Gasteiger partial charge on any atom is 0.254 e. The summed E-state index contributed by atoms with van der Waals surface area (Å²) in [6.07, 6.45) is 0.881. The summed E-state index contributed by atoms with van der Waals surface area (Å²) in [5, 5.41) is 3.59. The number of amides is 2. The van der Waals surface area contributed by atoms with Gasteiger partial charge in [0.25, 0.3) is 5.91 Å². The number of nitrogens with zero attached hydrogens (tertiary/aromatic N) is 1. The average Bonchev–Trinajstić information content (AvgIpc) is 2.60. The van der Waals surface area contributed by atoms with Crippen LogP contribution in [0.25, 0.3) is 0 Å². The first-order valence-electron chi connectivity index (χ1n) is 6.29. The van der Waals surface area contributed by atoms with E-state index in [0.29, 0.717) is 6.54 Å². The number of carbonyl (C=O) groups is 2. The molecule has 0 saturated heterocycles. The Hall–Kier alpha value is -1.36. The number of nitrogens with one attached hydrogen (secondary N) is 1. The fourth-order valence-electron chi connectivity index (χ4n) is 2.35. The molecule has 102 valence electrons. The van der Waals surface area contributed by atoms with Gasteiger partial charge in [0.1, 0.15) is 6.04 Å². The standard InChI is InChI=1S/C14H17BrN2O2/c1-9-4-5-12-11(8-9)13(16-10(2)18)14(19)17(12)7-3-6-15/h4-5,8,13H,3,6-7H2,1-2H3,(H,16,18)/t13-/m0/s1. The lowest BCUT2D eigenvalue weighted by atomic mass is 10.1. The van der Waals surface area contributed by atoms with Crippen molar-refractivity contribution in [2.75, 3.05) is 16.8 Å². The van der Waals surface area contributed by atoms with Gasteiger partial charge in [-0.1, -0.05) is 33.6 Å². The Morgan fingerprint density at radius 2 is 2.21 bits per heavy atom. The molecule has 0 radical (unpaired) electrons. The van der Waals surface area contributed by atoms with Crippen LogP contribution in [0.2, 0.25) is 0 Å². The number of alkyl halides is 1. The van der Waals surface area contributed by atoms with E-state index in [1.165, 1.54) is 6.92 Å². The third-order valence-electron chi connectivity index (χ3n) is 3.16.